The molecule has 2 N–H and O–H groups in total. The highest BCUT2D eigenvalue weighted by Gasteiger charge is 2.32. The van der Waals surface area contributed by atoms with Crippen LogP contribution in [0.3, 0.4) is 0 Å². The van der Waals surface area contributed by atoms with E-state index in [1.54, 1.807) is 14.2 Å². The van der Waals surface area contributed by atoms with Crippen LogP contribution in [0, 0.1) is 0 Å². The first kappa shape index (κ1) is 23.6. The van der Waals surface area contributed by atoms with Crippen LogP contribution in [0.1, 0.15) is 19.8 Å². The number of nitrogens with one attached hydrogen (secondary N) is 2. The van der Waals surface area contributed by atoms with E-state index in [4.69, 9.17) is 26.7 Å². The molecule has 178 valence electrons. The van der Waals surface area contributed by atoms with Gasteiger partial charge in [0, 0.05) is 30.4 Å². The second-order valence-corrected chi connectivity index (χ2v) is 8.35. The Hall–Kier alpha value is -3.59. The third kappa shape index (κ3) is 5.31. The molecule has 1 heterocycles. The Morgan fingerprint density at radius 2 is 1.88 bits per heavy atom. The minimum absolute atomic E-state index is 0.163. The Morgan fingerprint density at radius 1 is 1.15 bits per heavy atom. The highest BCUT2D eigenvalue weighted by molar-refractivity contribution is 7.80. The van der Waals surface area contributed by atoms with Gasteiger partial charge >= 0.3 is 0 Å². The number of rotatable bonds is 9. The normalized spacial score (nSPS) is 12.7. The monoisotopic (exact) mass is 479 g/mol. The summed E-state index contributed by atoms with van der Waals surface area (Å²) in [7, 11) is 3.19. The first-order valence-electron chi connectivity index (χ1n) is 11.3. The van der Waals surface area contributed by atoms with Crippen molar-refractivity contribution in [3.8, 4) is 28.4 Å². The van der Waals surface area contributed by atoms with Crippen molar-refractivity contribution < 1.29 is 14.3 Å². The zero-order valence-corrected chi connectivity index (χ0v) is 20.4. The summed E-state index contributed by atoms with van der Waals surface area (Å²) >= 11 is 5.48. The molecule has 8 nitrogen and oxygen atoms in total. The van der Waals surface area contributed by atoms with Gasteiger partial charge in [0.1, 0.15) is 0 Å². The predicted octanol–water partition coefficient (Wildman–Crippen LogP) is 3.85. The minimum Gasteiger partial charge on any atom is -0.493 e. The molecule has 0 bridgehead atoms. The second kappa shape index (κ2) is 10.6. The standard InChI is InChI=1S/C25H29N5O3S/c1-4-26-25(34)30(18-10-11-18)16-23(31)28-24-27-20(17-8-6-5-7-9-17)15-29(24)19-12-13-21(32-2)22(14-19)33-3/h5-9,12-15,18H,4,10-11,16H2,1-3H3,(H,26,34)(H,27,28,31). The fourth-order valence-electron chi connectivity index (χ4n) is 3.71. The molecule has 9 heteroatoms. The number of carbonyl (C=O) groups excluding carboxylic acids is 1. The molecule has 1 amide bonds. The van der Waals surface area contributed by atoms with Crippen LogP contribution in [0.15, 0.2) is 54.7 Å². The maximum Gasteiger partial charge on any atom is 0.246 e. The van der Waals surface area contributed by atoms with Gasteiger partial charge in [-0.3, -0.25) is 14.7 Å². The van der Waals surface area contributed by atoms with Crippen LogP contribution in [0.2, 0.25) is 0 Å². The molecule has 0 aliphatic heterocycles. The quantitative estimate of drug-likeness (QED) is 0.451. The summed E-state index contributed by atoms with van der Waals surface area (Å²) in [4.78, 5) is 19.8. The van der Waals surface area contributed by atoms with E-state index in [2.05, 4.69) is 10.6 Å². The number of benzene rings is 2. The van der Waals surface area contributed by atoms with Crippen molar-refractivity contribution in [2.45, 2.75) is 25.8 Å². The van der Waals surface area contributed by atoms with Crippen molar-refractivity contribution >= 4 is 29.2 Å². The van der Waals surface area contributed by atoms with E-state index in [-0.39, 0.29) is 12.5 Å². The third-order valence-electron chi connectivity index (χ3n) is 5.56. The Labute approximate surface area is 204 Å². The maximum absolute atomic E-state index is 13.1. The molecule has 2 aromatic carbocycles. The lowest BCUT2D eigenvalue weighted by molar-refractivity contribution is -0.116. The highest BCUT2D eigenvalue weighted by Crippen LogP contribution is 2.32. The summed E-state index contributed by atoms with van der Waals surface area (Å²) < 4.78 is 12.7. The summed E-state index contributed by atoms with van der Waals surface area (Å²) in [6.45, 7) is 2.87. The number of hydrogen-bond donors (Lipinski definition) is 2. The summed E-state index contributed by atoms with van der Waals surface area (Å²) in [5.41, 5.74) is 2.47. The van der Waals surface area contributed by atoms with Crippen molar-refractivity contribution in [3.05, 3.63) is 54.7 Å². The van der Waals surface area contributed by atoms with Crippen LogP contribution in [0.4, 0.5) is 5.95 Å². The van der Waals surface area contributed by atoms with E-state index in [0.29, 0.717) is 35.1 Å². The lowest BCUT2D eigenvalue weighted by Crippen LogP contribution is -2.45. The van der Waals surface area contributed by atoms with Crippen molar-refractivity contribution in [1.82, 2.24) is 19.8 Å². The molecule has 0 radical (unpaired) electrons. The lowest BCUT2D eigenvalue weighted by atomic mass is 10.2. The fourth-order valence-corrected chi connectivity index (χ4v) is 4.07. The van der Waals surface area contributed by atoms with Gasteiger partial charge in [0.2, 0.25) is 11.9 Å². The molecule has 4 rings (SSSR count). The van der Waals surface area contributed by atoms with Crippen molar-refractivity contribution in [3.63, 3.8) is 0 Å². The molecule has 1 aliphatic carbocycles. The van der Waals surface area contributed by atoms with Crippen LogP contribution in [-0.2, 0) is 4.79 Å². The van der Waals surface area contributed by atoms with E-state index < -0.39 is 0 Å². The van der Waals surface area contributed by atoms with Gasteiger partial charge < -0.3 is 19.7 Å². The van der Waals surface area contributed by atoms with Crippen LogP contribution < -0.4 is 20.1 Å². The molecule has 1 aromatic heterocycles. The summed E-state index contributed by atoms with van der Waals surface area (Å²) in [5.74, 6) is 1.45. The number of aromatic nitrogens is 2. The largest absolute Gasteiger partial charge is 0.493 e. The number of anilines is 1. The number of ether oxygens (including phenoxy) is 2. The van der Waals surface area contributed by atoms with Crippen LogP contribution in [-0.4, -0.2) is 58.8 Å². The van der Waals surface area contributed by atoms with Crippen LogP contribution in [0.25, 0.3) is 16.9 Å². The zero-order valence-electron chi connectivity index (χ0n) is 19.6. The maximum atomic E-state index is 13.1. The number of methoxy groups -OCH3 is 2. The van der Waals surface area contributed by atoms with E-state index in [1.807, 2.05) is 71.1 Å². The van der Waals surface area contributed by atoms with Gasteiger partial charge in [0.15, 0.2) is 16.6 Å². The van der Waals surface area contributed by atoms with Gasteiger partial charge in [0.05, 0.1) is 32.1 Å². The molecule has 0 saturated heterocycles. The van der Waals surface area contributed by atoms with E-state index in [0.717, 1.165) is 29.8 Å². The first-order chi connectivity index (χ1) is 16.5. The summed E-state index contributed by atoms with van der Waals surface area (Å²) in [6.07, 6.45) is 3.97. The van der Waals surface area contributed by atoms with Gasteiger partial charge in [-0.15, -0.1) is 0 Å². The molecular weight excluding hydrogens is 450 g/mol. The Morgan fingerprint density at radius 3 is 2.53 bits per heavy atom. The summed E-state index contributed by atoms with van der Waals surface area (Å²) in [5, 5.41) is 6.75. The Bertz CT molecular complexity index is 1160. The smallest absolute Gasteiger partial charge is 0.246 e. The van der Waals surface area contributed by atoms with Gasteiger partial charge in [-0.25, -0.2) is 4.98 Å². The number of imidazole rings is 1. The molecule has 1 saturated carbocycles. The van der Waals surface area contributed by atoms with Gasteiger partial charge in [-0.1, -0.05) is 30.3 Å². The van der Waals surface area contributed by atoms with E-state index in [1.165, 1.54) is 0 Å². The molecule has 1 aliphatic rings. The highest BCUT2D eigenvalue weighted by atomic mass is 32.1. The zero-order chi connectivity index (χ0) is 24.1. The minimum atomic E-state index is -0.181. The molecule has 3 aromatic rings. The fraction of sp³-hybridized carbons (Fsp3) is 0.320. The SMILES string of the molecule is CCNC(=S)N(CC(=O)Nc1nc(-c2ccccc2)cn1-c1ccc(OC)c(OC)c1)C1CC1. The van der Waals surface area contributed by atoms with Crippen LogP contribution in [0.5, 0.6) is 11.5 Å². The van der Waals surface area contributed by atoms with Gasteiger partial charge in [-0.2, -0.15) is 0 Å². The predicted molar refractivity (Wildman–Crippen MR) is 137 cm³/mol. The molecule has 34 heavy (non-hydrogen) atoms. The molecule has 0 unspecified atom stereocenters. The summed E-state index contributed by atoms with van der Waals surface area (Å²) in [6, 6.07) is 15.7. The van der Waals surface area contributed by atoms with Gasteiger partial charge in [0.25, 0.3) is 0 Å². The topological polar surface area (TPSA) is 80.7 Å². The van der Waals surface area contributed by atoms with Crippen molar-refractivity contribution in [1.29, 1.82) is 0 Å². The number of amides is 1. The number of hydrogen-bond acceptors (Lipinski definition) is 5. The Kier molecular flexibility index (Phi) is 7.32. The van der Waals surface area contributed by atoms with E-state index in [9.17, 15) is 4.79 Å². The van der Waals surface area contributed by atoms with E-state index >= 15 is 0 Å². The second-order valence-electron chi connectivity index (χ2n) is 7.97. The molecule has 0 spiro atoms. The lowest BCUT2D eigenvalue weighted by Gasteiger charge is -2.24. The Balaban J connectivity index is 1.65. The number of nitrogens with zero attached hydrogens (tertiary/aromatic N) is 3. The van der Waals surface area contributed by atoms with Crippen molar-refractivity contribution in [2.75, 3.05) is 32.6 Å². The number of carbonyl (C=O) groups is 1. The molecular formula is C25H29N5O3S. The molecule has 1 fully saturated rings. The number of thiocarbonyl (C=S) groups is 1. The third-order valence-corrected chi connectivity index (χ3v) is 5.94. The average Bonchev–Trinajstić information content (AvgIpc) is 3.62. The molecule has 0 atom stereocenters. The average molecular weight is 480 g/mol. The first-order valence-corrected chi connectivity index (χ1v) is 11.7. The van der Waals surface area contributed by atoms with Crippen LogP contribution >= 0.6 is 12.2 Å². The van der Waals surface area contributed by atoms with Gasteiger partial charge in [-0.05, 0) is 44.1 Å². The van der Waals surface area contributed by atoms with Crippen molar-refractivity contribution in [2.24, 2.45) is 0 Å².